The number of piperidine rings is 1. The molecule has 0 atom stereocenters. The average molecular weight is 544 g/mol. The number of thiazole rings is 1. The van der Waals surface area contributed by atoms with Gasteiger partial charge in [-0.15, -0.1) is 0 Å². The Hall–Kier alpha value is -2.72. The summed E-state index contributed by atoms with van der Waals surface area (Å²) in [6, 6.07) is 13.9. The van der Waals surface area contributed by atoms with Gasteiger partial charge >= 0.3 is 0 Å². The number of rotatable bonds is 6. The Labute approximate surface area is 219 Å². The summed E-state index contributed by atoms with van der Waals surface area (Å²) in [7, 11) is -3.64. The number of hydrogen-bond acceptors (Lipinski definition) is 6. The molecule has 0 radical (unpaired) electrons. The number of carbonyl (C=O) groups is 1. The molecule has 1 saturated heterocycles. The molecule has 0 N–H and O–H groups in total. The van der Waals surface area contributed by atoms with Crippen molar-refractivity contribution in [3.05, 3.63) is 76.7 Å². The summed E-state index contributed by atoms with van der Waals surface area (Å²) in [6.07, 6.45) is 2.45. The second-order valence-corrected chi connectivity index (χ2v) is 12.4. The number of fused-ring (bicyclic) bond motifs is 1. The van der Waals surface area contributed by atoms with Crippen LogP contribution in [-0.2, 0) is 21.4 Å². The monoisotopic (exact) mass is 543 g/mol. The molecule has 1 fully saturated rings. The number of aryl methyl sites for hydroxylation is 2. The van der Waals surface area contributed by atoms with Gasteiger partial charge in [0, 0.05) is 24.0 Å². The molecule has 2 aromatic heterocycles. The van der Waals surface area contributed by atoms with Crippen LogP contribution in [0.3, 0.4) is 0 Å². The van der Waals surface area contributed by atoms with Gasteiger partial charge in [-0.3, -0.25) is 9.69 Å². The molecule has 1 aliphatic rings. The molecule has 0 unspecified atom stereocenters. The molecule has 2 aromatic carbocycles. The van der Waals surface area contributed by atoms with Crippen molar-refractivity contribution in [3.8, 4) is 0 Å². The van der Waals surface area contributed by atoms with Crippen LogP contribution in [0.25, 0.3) is 10.2 Å². The summed E-state index contributed by atoms with van der Waals surface area (Å²) in [6.45, 7) is 4.90. The van der Waals surface area contributed by atoms with E-state index in [1.165, 1.54) is 27.8 Å². The molecule has 10 heteroatoms. The number of benzene rings is 2. The molecular weight excluding hydrogens is 518 g/mol. The second-order valence-electron chi connectivity index (χ2n) is 8.99. The van der Waals surface area contributed by atoms with Gasteiger partial charge in [-0.1, -0.05) is 29.0 Å². The van der Waals surface area contributed by atoms with E-state index in [-0.39, 0.29) is 36.4 Å². The summed E-state index contributed by atoms with van der Waals surface area (Å²) in [5.41, 5.74) is 3.15. The van der Waals surface area contributed by atoms with E-state index in [0.717, 1.165) is 21.3 Å². The molecule has 5 rings (SSSR count). The van der Waals surface area contributed by atoms with Crippen molar-refractivity contribution in [2.75, 3.05) is 18.0 Å². The standard InChI is InChI=1S/C26H26ClN3O4S2/c1-17-5-10-23-24(18(17)2)28-26(35-23)30(16-21-4-3-15-34-21)25(31)19-11-13-29(14-12-19)36(32,33)22-8-6-20(27)7-9-22/h3-10,15,19H,11-14,16H2,1-2H3. The van der Waals surface area contributed by atoms with Gasteiger partial charge in [0.15, 0.2) is 5.13 Å². The molecule has 188 valence electrons. The van der Waals surface area contributed by atoms with E-state index in [4.69, 9.17) is 21.0 Å². The zero-order chi connectivity index (χ0) is 25.4. The minimum Gasteiger partial charge on any atom is -0.467 e. The first-order chi connectivity index (χ1) is 17.2. The Bertz CT molecular complexity index is 1490. The van der Waals surface area contributed by atoms with Crippen LogP contribution in [0.5, 0.6) is 0 Å². The summed E-state index contributed by atoms with van der Waals surface area (Å²) < 4.78 is 34.1. The molecule has 0 aliphatic carbocycles. The summed E-state index contributed by atoms with van der Waals surface area (Å²) in [4.78, 5) is 20.5. The Morgan fingerprint density at radius 2 is 1.86 bits per heavy atom. The maximum atomic E-state index is 13.8. The number of amides is 1. The molecule has 1 amide bonds. The van der Waals surface area contributed by atoms with Crippen molar-refractivity contribution in [1.29, 1.82) is 0 Å². The smallest absolute Gasteiger partial charge is 0.243 e. The third kappa shape index (κ3) is 4.80. The largest absolute Gasteiger partial charge is 0.467 e. The zero-order valence-electron chi connectivity index (χ0n) is 20.0. The lowest BCUT2D eigenvalue weighted by atomic mass is 9.96. The van der Waals surface area contributed by atoms with E-state index >= 15 is 0 Å². The van der Waals surface area contributed by atoms with Gasteiger partial charge in [0.2, 0.25) is 15.9 Å². The fourth-order valence-corrected chi connectivity index (χ4v) is 7.07. The number of halogens is 1. The van der Waals surface area contributed by atoms with Gasteiger partial charge in [-0.2, -0.15) is 4.31 Å². The average Bonchev–Trinajstić information content (AvgIpc) is 3.55. The van der Waals surface area contributed by atoms with Gasteiger partial charge in [0.1, 0.15) is 5.76 Å². The number of nitrogens with zero attached hydrogens (tertiary/aromatic N) is 3. The predicted octanol–water partition coefficient (Wildman–Crippen LogP) is 5.79. The molecule has 7 nitrogen and oxygen atoms in total. The molecule has 0 saturated carbocycles. The molecular formula is C26H26ClN3O4S2. The van der Waals surface area contributed by atoms with Crippen LogP contribution in [0.15, 0.2) is 64.1 Å². The molecule has 4 aromatic rings. The van der Waals surface area contributed by atoms with E-state index in [0.29, 0.717) is 28.8 Å². The molecule has 0 spiro atoms. The lowest BCUT2D eigenvalue weighted by molar-refractivity contribution is -0.123. The molecule has 0 bridgehead atoms. The highest BCUT2D eigenvalue weighted by atomic mass is 35.5. The second kappa shape index (κ2) is 9.97. The third-order valence-electron chi connectivity index (χ3n) is 6.72. The van der Waals surface area contributed by atoms with Crippen molar-refractivity contribution >= 4 is 54.2 Å². The van der Waals surface area contributed by atoms with Crippen LogP contribution in [0.4, 0.5) is 5.13 Å². The number of sulfonamides is 1. The topological polar surface area (TPSA) is 83.7 Å². The van der Waals surface area contributed by atoms with Crippen LogP contribution < -0.4 is 4.90 Å². The van der Waals surface area contributed by atoms with E-state index < -0.39 is 10.0 Å². The number of carbonyl (C=O) groups excluding carboxylic acids is 1. The highest BCUT2D eigenvalue weighted by Gasteiger charge is 2.35. The van der Waals surface area contributed by atoms with E-state index in [2.05, 4.69) is 6.07 Å². The number of aromatic nitrogens is 1. The summed E-state index contributed by atoms with van der Waals surface area (Å²) in [5, 5.41) is 1.10. The molecule has 36 heavy (non-hydrogen) atoms. The first-order valence-electron chi connectivity index (χ1n) is 11.7. The SMILES string of the molecule is Cc1ccc2sc(N(Cc3ccco3)C(=O)C3CCN(S(=O)(=O)c4ccc(Cl)cc4)CC3)nc2c1C. The third-order valence-corrected chi connectivity index (χ3v) is 9.93. The normalized spacial score (nSPS) is 15.4. The fourth-order valence-electron chi connectivity index (χ4n) is 4.45. The lowest BCUT2D eigenvalue weighted by Gasteiger charge is -2.32. The Morgan fingerprint density at radius 3 is 2.53 bits per heavy atom. The first kappa shape index (κ1) is 25.0. The zero-order valence-corrected chi connectivity index (χ0v) is 22.4. The van der Waals surface area contributed by atoms with Crippen LogP contribution in [0.2, 0.25) is 5.02 Å². The minimum absolute atomic E-state index is 0.0663. The van der Waals surface area contributed by atoms with Crippen molar-refractivity contribution < 1.29 is 17.6 Å². The number of hydrogen-bond donors (Lipinski definition) is 0. The first-order valence-corrected chi connectivity index (χ1v) is 14.3. The highest BCUT2D eigenvalue weighted by molar-refractivity contribution is 7.89. The summed E-state index contributed by atoms with van der Waals surface area (Å²) >= 11 is 7.39. The quantitative estimate of drug-likeness (QED) is 0.307. The van der Waals surface area contributed by atoms with Crippen LogP contribution in [0.1, 0.15) is 29.7 Å². The van der Waals surface area contributed by atoms with Crippen molar-refractivity contribution in [1.82, 2.24) is 9.29 Å². The Morgan fingerprint density at radius 1 is 1.14 bits per heavy atom. The Balaban J connectivity index is 1.37. The number of furan rings is 1. The van der Waals surface area contributed by atoms with Gasteiger partial charge in [-0.05, 0) is 80.3 Å². The van der Waals surface area contributed by atoms with Crippen molar-refractivity contribution in [3.63, 3.8) is 0 Å². The summed E-state index contributed by atoms with van der Waals surface area (Å²) in [5.74, 6) is 0.285. The predicted molar refractivity (Wildman–Crippen MR) is 142 cm³/mol. The van der Waals surface area contributed by atoms with Crippen molar-refractivity contribution in [2.45, 2.75) is 38.1 Å². The van der Waals surface area contributed by atoms with E-state index in [1.54, 1.807) is 29.4 Å². The van der Waals surface area contributed by atoms with Gasteiger partial charge < -0.3 is 4.42 Å². The highest BCUT2D eigenvalue weighted by Crippen LogP contribution is 2.35. The van der Waals surface area contributed by atoms with Gasteiger partial charge in [-0.25, -0.2) is 13.4 Å². The van der Waals surface area contributed by atoms with Gasteiger partial charge in [0.05, 0.1) is 27.9 Å². The van der Waals surface area contributed by atoms with Crippen molar-refractivity contribution in [2.24, 2.45) is 5.92 Å². The van der Waals surface area contributed by atoms with Crippen LogP contribution >= 0.6 is 22.9 Å². The Kier molecular flexibility index (Phi) is 6.91. The number of anilines is 1. The maximum Gasteiger partial charge on any atom is 0.243 e. The molecule has 3 heterocycles. The minimum atomic E-state index is -3.64. The lowest BCUT2D eigenvalue weighted by Crippen LogP contribution is -2.44. The van der Waals surface area contributed by atoms with Crippen LogP contribution in [-0.4, -0.2) is 36.7 Å². The van der Waals surface area contributed by atoms with Crippen LogP contribution in [0, 0.1) is 19.8 Å². The van der Waals surface area contributed by atoms with E-state index in [1.807, 2.05) is 26.0 Å². The fraction of sp³-hybridized carbons (Fsp3) is 0.308. The van der Waals surface area contributed by atoms with E-state index in [9.17, 15) is 13.2 Å². The maximum absolute atomic E-state index is 13.8. The van der Waals surface area contributed by atoms with Gasteiger partial charge in [0.25, 0.3) is 0 Å². The molecule has 1 aliphatic heterocycles.